The summed E-state index contributed by atoms with van der Waals surface area (Å²) in [5.41, 5.74) is 6.41. The third kappa shape index (κ3) is 4.04. The maximum absolute atomic E-state index is 12.1. The Morgan fingerprint density at radius 2 is 2.35 bits per heavy atom. The van der Waals surface area contributed by atoms with Crippen molar-refractivity contribution in [3.05, 3.63) is 35.2 Å². The molecule has 0 radical (unpaired) electrons. The van der Waals surface area contributed by atoms with Gasteiger partial charge < -0.3 is 15.6 Å². The van der Waals surface area contributed by atoms with Crippen LogP contribution < -0.4 is 11.1 Å². The standard InChI is InChI=1S/C15H18ClN5OS/c1-21-5-4-18-15(21)23-14-11(16)6-10(7-20-14)13(22)19-8-12(17)9-2-3-9/h4-7,9,12H,2-3,8,17H2,1H3,(H,19,22). The lowest BCUT2D eigenvalue weighted by molar-refractivity contribution is 0.0950. The molecule has 122 valence electrons. The molecule has 0 spiro atoms. The molecule has 3 rings (SSSR count). The van der Waals surface area contributed by atoms with Gasteiger partial charge in [0.25, 0.3) is 5.91 Å². The number of carbonyl (C=O) groups excluding carboxylic acids is 1. The Bertz CT molecular complexity index is 716. The molecule has 1 fully saturated rings. The van der Waals surface area contributed by atoms with E-state index < -0.39 is 0 Å². The quantitative estimate of drug-likeness (QED) is 0.832. The molecule has 1 amide bonds. The van der Waals surface area contributed by atoms with Crippen molar-refractivity contribution >= 4 is 29.3 Å². The molecular formula is C15H18ClN5OS. The molecule has 1 aliphatic carbocycles. The smallest absolute Gasteiger partial charge is 0.252 e. The van der Waals surface area contributed by atoms with Crippen LogP contribution in [-0.4, -0.2) is 33.0 Å². The lowest BCUT2D eigenvalue weighted by atomic mass is 10.2. The molecular weight excluding hydrogens is 334 g/mol. The van der Waals surface area contributed by atoms with Gasteiger partial charge in [0.15, 0.2) is 5.16 Å². The molecule has 6 nitrogen and oxygen atoms in total. The fourth-order valence-electron chi connectivity index (χ4n) is 2.17. The van der Waals surface area contributed by atoms with Crippen LogP contribution >= 0.6 is 23.4 Å². The molecule has 0 aliphatic heterocycles. The van der Waals surface area contributed by atoms with Gasteiger partial charge in [-0.1, -0.05) is 11.6 Å². The van der Waals surface area contributed by atoms with E-state index in [-0.39, 0.29) is 11.9 Å². The minimum Gasteiger partial charge on any atom is -0.350 e. The number of hydrogen-bond donors (Lipinski definition) is 2. The Balaban J connectivity index is 1.63. The van der Waals surface area contributed by atoms with Crippen LogP contribution in [0.15, 0.2) is 34.8 Å². The molecule has 23 heavy (non-hydrogen) atoms. The first-order valence-corrected chi connectivity index (χ1v) is 8.58. The van der Waals surface area contributed by atoms with Crippen LogP contribution in [0.3, 0.4) is 0 Å². The number of pyridine rings is 1. The Hall–Kier alpha value is -1.57. The van der Waals surface area contributed by atoms with E-state index in [1.807, 2.05) is 17.8 Å². The summed E-state index contributed by atoms with van der Waals surface area (Å²) in [5, 5.41) is 4.67. The number of hydrogen-bond acceptors (Lipinski definition) is 5. The highest BCUT2D eigenvalue weighted by atomic mass is 35.5. The first-order valence-electron chi connectivity index (χ1n) is 7.39. The third-order valence-corrected chi connectivity index (χ3v) is 5.26. The number of carbonyl (C=O) groups is 1. The maximum atomic E-state index is 12.1. The maximum Gasteiger partial charge on any atom is 0.252 e. The Kier molecular flexibility index (Phi) is 4.89. The monoisotopic (exact) mass is 351 g/mol. The minimum absolute atomic E-state index is 0.0284. The fraction of sp³-hybridized carbons (Fsp3) is 0.400. The topological polar surface area (TPSA) is 85.8 Å². The molecule has 1 atom stereocenters. The lowest BCUT2D eigenvalue weighted by Gasteiger charge is -2.12. The first-order chi connectivity index (χ1) is 11.0. The predicted molar refractivity (Wildman–Crippen MR) is 89.6 cm³/mol. The van der Waals surface area contributed by atoms with Gasteiger partial charge in [-0.3, -0.25) is 4.79 Å². The van der Waals surface area contributed by atoms with Crippen molar-refractivity contribution in [2.24, 2.45) is 18.7 Å². The summed E-state index contributed by atoms with van der Waals surface area (Å²) >= 11 is 7.60. The zero-order valence-electron chi connectivity index (χ0n) is 12.7. The van der Waals surface area contributed by atoms with E-state index in [2.05, 4.69) is 15.3 Å². The summed E-state index contributed by atoms with van der Waals surface area (Å²) in [5.74, 6) is 0.345. The number of nitrogens with zero attached hydrogens (tertiary/aromatic N) is 3. The Morgan fingerprint density at radius 3 is 2.96 bits per heavy atom. The second kappa shape index (κ2) is 6.90. The van der Waals surface area contributed by atoms with E-state index in [4.69, 9.17) is 17.3 Å². The van der Waals surface area contributed by atoms with Crippen LogP contribution in [0.4, 0.5) is 0 Å². The van der Waals surface area contributed by atoms with Crippen LogP contribution in [0.1, 0.15) is 23.2 Å². The summed E-state index contributed by atoms with van der Waals surface area (Å²) in [4.78, 5) is 20.6. The van der Waals surface area contributed by atoms with Gasteiger partial charge in [-0.05, 0) is 36.6 Å². The van der Waals surface area contributed by atoms with Crippen LogP contribution in [0.25, 0.3) is 0 Å². The third-order valence-electron chi connectivity index (χ3n) is 3.76. The average molecular weight is 352 g/mol. The molecule has 1 saturated carbocycles. The van der Waals surface area contributed by atoms with Crippen LogP contribution in [-0.2, 0) is 7.05 Å². The number of aryl methyl sites for hydroxylation is 1. The number of rotatable bonds is 6. The SMILES string of the molecule is Cn1ccnc1Sc1ncc(C(=O)NCC(N)C2CC2)cc1Cl. The highest BCUT2D eigenvalue weighted by molar-refractivity contribution is 7.99. The van der Waals surface area contributed by atoms with E-state index in [9.17, 15) is 4.79 Å². The van der Waals surface area contributed by atoms with Crippen molar-refractivity contribution < 1.29 is 4.79 Å². The minimum atomic E-state index is -0.205. The molecule has 1 unspecified atom stereocenters. The van der Waals surface area contributed by atoms with Crippen molar-refractivity contribution in [3.63, 3.8) is 0 Å². The molecule has 2 aromatic heterocycles. The largest absolute Gasteiger partial charge is 0.350 e. The molecule has 0 aromatic carbocycles. The molecule has 1 aliphatic rings. The lowest BCUT2D eigenvalue weighted by Crippen LogP contribution is -2.38. The highest BCUT2D eigenvalue weighted by Gasteiger charge is 2.28. The summed E-state index contributed by atoms with van der Waals surface area (Å²) in [6.07, 6.45) is 7.39. The second-order valence-corrected chi connectivity index (χ2v) is 7.01. The van der Waals surface area contributed by atoms with Gasteiger partial charge in [-0.2, -0.15) is 0 Å². The average Bonchev–Trinajstić information content (AvgIpc) is 3.31. The van der Waals surface area contributed by atoms with E-state index in [0.29, 0.717) is 28.1 Å². The normalized spacial score (nSPS) is 15.4. The van der Waals surface area contributed by atoms with Crippen LogP contribution in [0, 0.1) is 5.92 Å². The van der Waals surface area contributed by atoms with Crippen LogP contribution in [0.5, 0.6) is 0 Å². The highest BCUT2D eigenvalue weighted by Crippen LogP contribution is 2.32. The van der Waals surface area contributed by atoms with E-state index in [1.54, 1.807) is 12.3 Å². The Morgan fingerprint density at radius 1 is 1.57 bits per heavy atom. The van der Waals surface area contributed by atoms with E-state index in [1.165, 1.54) is 18.0 Å². The van der Waals surface area contributed by atoms with Crippen molar-refractivity contribution in [3.8, 4) is 0 Å². The van der Waals surface area contributed by atoms with Gasteiger partial charge in [-0.15, -0.1) is 0 Å². The van der Waals surface area contributed by atoms with Crippen LogP contribution in [0.2, 0.25) is 5.02 Å². The summed E-state index contributed by atoms with van der Waals surface area (Å²) in [6.45, 7) is 0.477. The molecule has 3 N–H and O–H groups in total. The summed E-state index contributed by atoms with van der Waals surface area (Å²) < 4.78 is 1.88. The van der Waals surface area contributed by atoms with Gasteiger partial charge in [0.1, 0.15) is 5.03 Å². The number of aromatic nitrogens is 3. The van der Waals surface area contributed by atoms with Crippen molar-refractivity contribution in [2.45, 2.75) is 29.1 Å². The number of nitrogens with one attached hydrogen (secondary N) is 1. The fourth-order valence-corrected chi connectivity index (χ4v) is 3.20. The molecule has 2 heterocycles. The van der Waals surface area contributed by atoms with Gasteiger partial charge in [0.05, 0.1) is 10.6 Å². The molecule has 0 bridgehead atoms. The van der Waals surface area contributed by atoms with Crippen molar-refractivity contribution in [1.82, 2.24) is 19.9 Å². The van der Waals surface area contributed by atoms with E-state index >= 15 is 0 Å². The second-order valence-electron chi connectivity index (χ2n) is 5.65. The number of amides is 1. The number of imidazole rings is 1. The van der Waals surface area contributed by atoms with Gasteiger partial charge in [-0.25, -0.2) is 9.97 Å². The van der Waals surface area contributed by atoms with Crippen molar-refractivity contribution in [1.29, 1.82) is 0 Å². The zero-order chi connectivity index (χ0) is 16.4. The van der Waals surface area contributed by atoms with E-state index in [0.717, 1.165) is 18.0 Å². The zero-order valence-corrected chi connectivity index (χ0v) is 14.3. The molecule has 0 saturated heterocycles. The van der Waals surface area contributed by atoms with Crippen molar-refractivity contribution in [2.75, 3.05) is 6.54 Å². The van der Waals surface area contributed by atoms with Gasteiger partial charge in [0, 0.05) is 38.2 Å². The summed E-state index contributed by atoms with van der Waals surface area (Å²) in [6, 6.07) is 1.65. The molecule has 2 aromatic rings. The van der Waals surface area contributed by atoms with Gasteiger partial charge >= 0.3 is 0 Å². The molecule has 8 heteroatoms. The summed E-state index contributed by atoms with van der Waals surface area (Å²) in [7, 11) is 1.90. The predicted octanol–water partition coefficient (Wildman–Crippen LogP) is 2.09. The number of nitrogens with two attached hydrogens (primary N) is 1. The Labute approximate surface area is 143 Å². The first kappa shape index (κ1) is 16.3. The van der Waals surface area contributed by atoms with Gasteiger partial charge in [0.2, 0.25) is 0 Å². The number of halogens is 1.